The van der Waals surface area contributed by atoms with Gasteiger partial charge in [0, 0.05) is 49.3 Å². The zero-order valence-corrected chi connectivity index (χ0v) is 45.3. The number of phenolic OH excluding ortho intramolecular Hbond substituents is 1. The SMILES string of the molecule is NC(=O)CCC1NC(=O)C(Cc2ccccc2)NC(=O)C(Cc2ccc(O)cc2)NC(=O)CC2(CCCCC2)SSCC(C(=O)N2CCCC2C(=O)NC(CCCN=C(N)N)C(=O)NCC(N)=O)NC(=O)C(CC(N)=O)NC1=O. The van der Waals surface area contributed by atoms with Crippen LogP contribution in [-0.2, 0) is 65.6 Å². The van der Waals surface area contributed by atoms with Gasteiger partial charge in [-0.2, -0.15) is 0 Å². The molecule has 0 aromatic heterocycles. The van der Waals surface area contributed by atoms with E-state index in [0.717, 1.165) is 19.3 Å². The molecule has 3 fully saturated rings. The Morgan fingerprint density at radius 2 is 1.33 bits per heavy atom. The monoisotopic (exact) mass is 1140 g/mol. The summed E-state index contributed by atoms with van der Waals surface area (Å²) in [5.74, 6) is -9.66. The van der Waals surface area contributed by atoms with Crippen LogP contribution in [0.4, 0.5) is 0 Å². The number of primary amides is 3. The molecule has 0 bridgehead atoms. The van der Waals surface area contributed by atoms with Gasteiger partial charge in [0.15, 0.2) is 5.96 Å². The molecule has 2 aromatic rings. The second kappa shape index (κ2) is 30.5. The van der Waals surface area contributed by atoms with Gasteiger partial charge in [-0.15, -0.1) is 0 Å². The number of aliphatic imine (C=N–C) groups is 1. The molecule has 1 aliphatic carbocycles. The lowest BCUT2D eigenvalue weighted by atomic mass is 9.85. The predicted molar refractivity (Wildman–Crippen MR) is 293 cm³/mol. The molecule has 3 aliphatic rings. The molecular weight excluding hydrogens is 1060 g/mol. The van der Waals surface area contributed by atoms with Gasteiger partial charge in [-0.3, -0.25) is 57.7 Å². The number of aromatic hydroxyl groups is 1. The van der Waals surface area contributed by atoms with Crippen LogP contribution >= 0.6 is 21.6 Å². The van der Waals surface area contributed by atoms with Crippen molar-refractivity contribution >= 4 is 92.5 Å². The number of nitrogens with one attached hydrogen (secondary N) is 7. The molecule has 430 valence electrons. The summed E-state index contributed by atoms with van der Waals surface area (Å²) in [5.41, 5.74) is 28.4. The van der Waals surface area contributed by atoms with Crippen LogP contribution < -0.4 is 65.9 Å². The largest absolute Gasteiger partial charge is 0.508 e. The summed E-state index contributed by atoms with van der Waals surface area (Å²) in [6.45, 7) is -0.395. The zero-order valence-electron chi connectivity index (χ0n) is 43.7. The number of amides is 11. The minimum Gasteiger partial charge on any atom is -0.508 e. The number of likely N-dealkylation sites (tertiary alicyclic amines) is 1. The fourth-order valence-corrected chi connectivity index (χ4v) is 12.8. The van der Waals surface area contributed by atoms with Crippen LogP contribution in [0.1, 0.15) is 94.6 Å². The second-order valence-corrected chi connectivity index (χ2v) is 22.6. The summed E-state index contributed by atoms with van der Waals surface area (Å²) in [5, 5.41) is 28.4. The topological polar surface area (TPSA) is 438 Å². The average molecular weight is 1140 g/mol. The van der Waals surface area contributed by atoms with E-state index in [1.807, 2.05) is 0 Å². The van der Waals surface area contributed by atoms with E-state index in [0.29, 0.717) is 30.4 Å². The van der Waals surface area contributed by atoms with E-state index >= 15 is 0 Å². The van der Waals surface area contributed by atoms with E-state index in [1.54, 1.807) is 42.5 Å². The number of benzene rings is 2. The number of hydrogen-bond acceptors (Lipinski definition) is 15. The van der Waals surface area contributed by atoms with Crippen LogP contribution in [0, 0.1) is 0 Å². The Bertz CT molecular complexity index is 2550. The third kappa shape index (κ3) is 20.3. The molecule has 0 radical (unpaired) electrons. The second-order valence-electron chi connectivity index (χ2n) is 19.8. The summed E-state index contributed by atoms with van der Waals surface area (Å²) < 4.78 is -0.759. The van der Waals surface area contributed by atoms with Gasteiger partial charge in [0.2, 0.25) is 65.0 Å². The Labute approximate surface area is 464 Å². The Morgan fingerprint density at radius 1 is 0.722 bits per heavy atom. The highest BCUT2D eigenvalue weighted by atomic mass is 33.1. The minimum atomic E-state index is -1.78. The molecule has 5 rings (SSSR count). The normalized spacial score (nSPS) is 22.8. The number of rotatable bonds is 19. The summed E-state index contributed by atoms with van der Waals surface area (Å²) >= 11 is 0. The van der Waals surface area contributed by atoms with Crippen LogP contribution in [-0.4, -0.2) is 153 Å². The number of carbonyl (C=O) groups excluding carboxylic acids is 11. The van der Waals surface area contributed by atoms with Gasteiger partial charge in [-0.1, -0.05) is 83.3 Å². The van der Waals surface area contributed by atoms with E-state index in [-0.39, 0.29) is 69.1 Å². The van der Waals surface area contributed by atoms with Gasteiger partial charge < -0.3 is 75.9 Å². The predicted octanol–water partition coefficient (Wildman–Crippen LogP) is -2.64. The molecule has 7 unspecified atom stereocenters. The lowest BCUT2D eigenvalue weighted by Crippen LogP contribution is -2.61. The number of carbonyl (C=O) groups is 11. The average Bonchev–Trinajstić information content (AvgIpc) is 3.98. The highest BCUT2D eigenvalue weighted by Crippen LogP contribution is 2.48. The molecule has 2 heterocycles. The molecular formula is C51H72N14O12S2. The molecule has 28 heteroatoms. The third-order valence-electron chi connectivity index (χ3n) is 13.5. The highest BCUT2D eigenvalue weighted by molar-refractivity contribution is 8.77. The van der Waals surface area contributed by atoms with Gasteiger partial charge >= 0.3 is 0 Å². The van der Waals surface area contributed by atoms with Crippen molar-refractivity contribution in [1.82, 2.24) is 42.1 Å². The fraction of sp³-hybridized carbons (Fsp3) is 0.529. The standard InChI is InChI=1S/C51H72N14O12S2/c52-39(67)18-17-33-44(72)63-36(25-40(53)68)47(75)64-37(49(77)65-22-8-12-38(65)48(76)61-32(11-7-21-57-50(55)56)43(71)58-27-41(54)69)28-78-79-51(19-5-2-6-20-51)26-42(70)59-34(24-30-13-15-31(66)16-14-30)45(73)62-35(46(74)60-33)23-29-9-3-1-4-10-29/h1,3-4,9-10,13-16,32-38,66H,2,5-8,11-12,17-28H2,(H2,52,67)(H2,53,68)(H2,54,69)(H,58,71)(H,59,70)(H,60,74)(H,61,76)(H,62,73)(H,63,72)(H,64,75)(H4,55,56,57). The summed E-state index contributed by atoms with van der Waals surface area (Å²) in [4.78, 5) is 156. The van der Waals surface area contributed by atoms with E-state index in [2.05, 4.69) is 42.2 Å². The molecule has 2 aromatic carbocycles. The Balaban J connectivity index is 1.53. The number of nitrogens with zero attached hydrogens (tertiary/aromatic N) is 2. The quantitative estimate of drug-likeness (QED) is 0.0296. The molecule has 2 aliphatic heterocycles. The van der Waals surface area contributed by atoms with Crippen molar-refractivity contribution in [3.63, 3.8) is 0 Å². The first kappa shape index (κ1) is 62.2. The lowest BCUT2D eigenvalue weighted by molar-refractivity contribution is -0.142. The number of phenols is 1. The van der Waals surface area contributed by atoms with Gasteiger partial charge in [-0.05, 0) is 68.2 Å². The molecule has 11 amide bonds. The maximum Gasteiger partial charge on any atom is 0.246 e. The Kier molecular flexibility index (Phi) is 24.0. The van der Waals surface area contributed by atoms with Crippen molar-refractivity contribution in [2.75, 3.05) is 25.4 Å². The van der Waals surface area contributed by atoms with Crippen molar-refractivity contribution in [2.45, 2.75) is 143 Å². The number of guanidine groups is 1. The van der Waals surface area contributed by atoms with Gasteiger partial charge in [0.05, 0.1) is 13.0 Å². The van der Waals surface area contributed by atoms with Gasteiger partial charge in [-0.25, -0.2) is 0 Å². The fourth-order valence-electron chi connectivity index (χ4n) is 9.46. The van der Waals surface area contributed by atoms with Crippen LogP contribution in [0.25, 0.3) is 0 Å². The smallest absolute Gasteiger partial charge is 0.246 e. The van der Waals surface area contributed by atoms with Crippen LogP contribution in [0.5, 0.6) is 5.75 Å². The number of nitrogens with two attached hydrogens (primary N) is 5. The van der Waals surface area contributed by atoms with Crippen molar-refractivity contribution in [1.29, 1.82) is 0 Å². The molecule has 79 heavy (non-hydrogen) atoms. The lowest BCUT2D eigenvalue weighted by Gasteiger charge is -2.37. The summed E-state index contributed by atoms with van der Waals surface area (Å²) in [6.07, 6.45) is 2.21. The van der Waals surface area contributed by atoms with Crippen molar-refractivity contribution < 1.29 is 57.8 Å². The maximum absolute atomic E-state index is 14.9. The van der Waals surface area contributed by atoms with E-state index in [9.17, 15) is 57.8 Å². The summed E-state index contributed by atoms with van der Waals surface area (Å²) in [6, 6.07) is 4.67. The van der Waals surface area contributed by atoms with Gasteiger partial charge in [0.1, 0.15) is 48.0 Å². The van der Waals surface area contributed by atoms with Crippen LogP contribution in [0.15, 0.2) is 59.6 Å². The highest BCUT2D eigenvalue weighted by Gasteiger charge is 2.42. The van der Waals surface area contributed by atoms with Crippen LogP contribution in [0.3, 0.4) is 0 Å². The first-order chi connectivity index (χ1) is 37.6. The van der Waals surface area contributed by atoms with Crippen molar-refractivity contribution in [3.05, 3.63) is 65.7 Å². The molecule has 1 spiro atoms. The molecule has 26 nitrogen and oxygen atoms in total. The third-order valence-corrected chi connectivity index (χ3v) is 16.8. The molecule has 2 saturated heterocycles. The first-order valence-electron chi connectivity index (χ1n) is 26.0. The van der Waals surface area contributed by atoms with Crippen LogP contribution in [0.2, 0.25) is 0 Å². The zero-order chi connectivity index (χ0) is 57.6. The van der Waals surface area contributed by atoms with E-state index in [1.165, 1.54) is 38.6 Å². The maximum atomic E-state index is 14.9. The minimum absolute atomic E-state index is 0.0146. The first-order valence-corrected chi connectivity index (χ1v) is 28.4. The Morgan fingerprint density at radius 3 is 1.96 bits per heavy atom. The molecule has 7 atom stereocenters. The molecule has 18 N–H and O–H groups in total. The van der Waals surface area contributed by atoms with Crippen molar-refractivity contribution in [3.8, 4) is 5.75 Å². The Hall–Kier alpha value is -7.62. The van der Waals surface area contributed by atoms with Crippen molar-refractivity contribution in [2.24, 2.45) is 33.7 Å². The van der Waals surface area contributed by atoms with Gasteiger partial charge in [0.25, 0.3) is 0 Å². The number of hydrogen-bond donors (Lipinski definition) is 13. The molecule has 1 saturated carbocycles. The van der Waals surface area contributed by atoms with E-state index in [4.69, 9.17) is 28.7 Å². The summed E-state index contributed by atoms with van der Waals surface area (Å²) in [7, 11) is 2.48. The van der Waals surface area contributed by atoms with E-state index < -0.39 is 138 Å².